The van der Waals surface area contributed by atoms with Gasteiger partial charge in [0.05, 0.1) is 5.69 Å². The van der Waals surface area contributed by atoms with E-state index in [1.54, 1.807) is 4.90 Å². The maximum Gasteiger partial charge on any atom is 0.259 e. The minimum absolute atomic E-state index is 0.0701. The molecule has 0 fully saturated rings. The molecule has 0 saturated carbocycles. The Hall–Kier alpha value is -2.36. The summed E-state index contributed by atoms with van der Waals surface area (Å²) in [5.74, 6) is -0.204. The largest absolute Gasteiger partial charge is 0.352 e. The lowest BCUT2D eigenvalue weighted by molar-refractivity contribution is -0.120. The fourth-order valence-electron chi connectivity index (χ4n) is 3.11. The molecule has 3 rings (SSSR count). The fraction of sp³-hybridized carbons (Fsp3) is 0.333. The summed E-state index contributed by atoms with van der Waals surface area (Å²) in [6.07, 6.45) is 1.96. The van der Waals surface area contributed by atoms with E-state index in [-0.39, 0.29) is 24.4 Å². The molecule has 2 amide bonds. The number of carbonyl (C=O) groups excluding carboxylic acids is 2. The van der Waals surface area contributed by atoms with Crippen molar-refractivity contribution in [2.75, 3.05) is 11.4 Å². The van der Waals surface area contributed by atoms with Crippen LogP contribution in [0, 0.1) is 0 Å². The van der Waals surface area contributed by atoms with Crippen LogP contribution in [0.15, 0.2) is 36.4 Å². The number of nitrogens with one attached hydrogen (secondary N) is 1. The number of benzene rings is 2. The molecule has 0 aliphatic carbocycles. The topological polar surface area (TPSA) is 49.4 Å². The van der Waals surface area contributed by atoms with Crippen molar-refractivity contribution in [3.63, 3.8) is 0 Å². The van der Waals surface area contributed by atoms with Crippen LogP contribution in [-0.4, -0.2) is 24.4 Å². The van der Waals surface area contributed by atoms with Crippen molar-refractivity contribution in [2.24, 2.45) is 0 Å². The maximum absolute atomic E-state index is 12.6. The summed E-state index contributed by atoms with van der Waals surface area (Å²) in [5.41, 5.74) is 1.51. The molecule has 4 nitrogen and oxygen atoms in total. The second-order valence-electron chi connectivity index (χ2n) is 5.83. The van der Waals surface area contributed by atoms with Gasteiger partial charge in [0, 0.05) is 17.0 Å². The molecular weight excluding hydrogens is 276 g/mol. The molecule has 1 aliphatic rings. The Morgan fingerprint density at radius 3 is 2.68 bits per heavy atom. The highest BCUT2D eigenvalue weighted by atomic mass is 16.2. The summed E-state index contributed by atoms with van der Waals surface area (Å²) in [5, 5.41) is 4.94. The summed E-state index contributed by atoms with van der Waals surface area (Å²) in [7, 11) is 0. The van der Waals surface area contributed by atoms with Crippen LogP contribution in [0.25, 0.3) is 10.8 Å². The first-order valence-electron chi connectivity index (χ1n) is 7.74. The highest BCUT2D eigenvalue weighted by Crippen LogP contribution is 2.36. The zero-order valence-corrected chi connectivity index (χ0v) is 12.9. The van der Waals surface area contributed by atoms with E-state index >= 15 is 0 Å². The van der Waals surface area contributed by atoms with Crippen LogP contribution < -0.4 is 10.2 Å². The molecule has 114 valence electrons. The average molecular weight is 296 g/mol. The van der Waals surface area contributed by atoms with Crippen LogP contribution >= 0.6 is 0 Å². The predicted molar refractivity (Wildman–Crippen MR) is 88.1 cm³/mol. The molecule has 0 bridgehead atoms. The van der Waals surface area contributed by atoms with Crippen molar-refractivity contribution in [2.45, 2.75) is 32.7 Å². The van der Waals surface area contributed by atoms with Crippen molar-refractivity contribution in [1.82, 2.24) is 5.32 Å². The normalized spacial score (nSPS) is 14.5. The lowest BCUT2D eigenvalue weighted by atomic mass is 10.1. The average Bonchev–Trinajstić information content (AvgIpc) is 2.76. The van der Waals surface area contributed by atoms with Gasteiger partial charge in [-0.2, -0.15) is 0 Å². The zero-order valence-electron chi connectivity index (χ0n) is 12.9. The number of hydrogen-bond donors (Lipinski definition) is 1. The molecule has 1 atom stereocenters. The first-order valence-corrected chi connectivity index (χ1v) is 7.74. The minimum atomic E-state index is -0.112. The molecule has 0 spiro atoms. The first-order chi connectivity index (χ1) is 10.6. The Balaban J connectivity index is 1.84. The van der Waals surface area contributed by atoms with Gasteiger partial charge in [-0.1, -0.05) is 37.6 Å². The monoisotopic (exact) mass is 296 g/mol. The van der Waals surface area contributed by atoms with Crippen LogP contribution in [0.1, 0.15) is 37.0 Å². The lowest BCUT2D eigenvalue weighted by Gasteiger charge is -2.19. The molecule has 2 aromatic rings. The van der Waals surface area contributed by atoms with Crippen LogP contribution in [0.5, 0.6) is 0 Å². The van der Waals surface area contributed by atoms with E-state index in [2.05, 4.69) is 12.2 Å². The van der Waals surface area contributed by atoms with Gasteiger partial charge in [0.25, 0.3) is 5.91 Å². The second kappa shape index (κ2) is 5.79. The highest BCUT2D eigenvalue weighted by Gasteiger charge is 2.30. The Morgan fingerprint density at radius 2 is 1.95 bits per heavy atom. The van der Waals surface area contributed by atoms with Gasteiger partial charge in [-0.15, -0.1) is 0 Å². The van der Waals surface area contributed by atoms with E-state index in [9.17, 15) is 9.59 Å². The van der Waals surface area contributed by atoms with Crippen molar-refractivity contribution < 1.29 is 9.59 Å². The number of hydrogen-bond acceptors (Lipinski definition) is 2. The van der Waals surface area contributed by atoms with Gasteiger partial charge in [-0.05, 0) is 30.9 Å². The molecule has 4 heteroatoms. The molecule has 1 N–H and O–H groups in total. The smallest absolute Gasteiger partial charge is 0.259 e. The SMILES string of the molecule is CCC[C@@H](C)NC(=O)CN1C(=O)c2cccc3cccc1c23. The third kappa shape index (κ3) is 2.45. The van der Waals surface area contributed by atoms with E-state index in [4.69, 9.17) is 0 Å². The number of rotatable bonds is 5. The van der Waals surface area contributed by atoms with E-state index in [0.717, 1.165) is 29.3 Å². The third-order valence-corrected chi connectivity index (χ3v) is 4.08. The Kier molecular flexibility index (Phi) is 3.84. The Labute approximate surface area is 130 Å². The minimum Gasteiger partial charge on any atom is -0.352 e. The maximum atomic E-state index is 12.6. The van der Waals surface area contributed by atoms with Gasteiger partial charge in [-0.25, -0.2) is 0 Å². The van der Waals surface area contributed by atoms with E-state index in [1.165, 1.54) is 0 Å². The summed E-state index contributed by atoms with van der Waals surface area (Å²) >= 11 is 0. The van der Waals surface area contributed by atoms with Crippen molar-refractivity contribution >= 4 is 28.3 Å². The van der Waals surface area contributed by atoms with E-state index in [1.807, 2.05) is 43.3 Å². The van der Waals surface area contributed by atoms with Crippen molar-refractivity contribution in [3.05, 3.63) is 42.0 Å². The molecule has 0 radical (unpaired) electrons. The van der Waals surface area contributed by atoms with Gasteiger partial charge >= 0.3 is 0 Å². The summed E-state index contributed by atoms with van der Waals surface area (Å²) in [6, 6.07) is 11.6. The number of nitrogens with zero attached hydrogens (tertiary/aromatic N) is 1. The summed E-state index contributed by atoms with van der Waals surface area (Å²) < 4.78 is 0. The van der Waals surface area contributed by atoms with E-state index in [0.29, 0.717) is 5.56 Å². The molecule has 2 aromatic carbocycles. The van der Waals surface area contributed by atoms with Gasteiger partial charge in [0.1, 0.15) is 6.54 Å². The quantitative estimate of drug-likeness (QED) is 0.921. The number of anilines is 1. The standard InChI is InChI=1S/C18H20N2O2/c1-3-6-12(2)19-16(21)11-20-15-10-5-8-13-7-4-9-14(17(13)15)18(20)22/h4-5,7-10,12H,3,6,11H2,1-2H3,(H,19,21)/t12-/m1/s1. The molecule has 0 unspecified atom stereocenters. The molecular formula is C18H20N2O2. The predicted octanol–water partition coefficient (Wildman–Crippen LogP) is 3.10. The molecule has 1 aliphatic heterocycles. The van der Waals surface area contributed by atoms with Gasteiger partial charge in [0.2, 0.25) is 5.91 Å². The number of carbonyl (C=O) groups is 2. The highest BCUT2D eigenvalue weighted by molar-refractivity contribution is 6.26. The van der Waals surface area contributed by atoms with Gasteiger partial charge in [0.15, 0.2) is 0 Å². The van der Waals surface area contributed by atoms with E-state index < -0.39 is 0 Å². The molecule has 0 saturated heterocycles. The van der Waals surface area contributed by atoms with Crippen molar-refractivity contribution in [1.29, 1.82) is 0 Å². The lowest BCUT2D eigenvalue weighted by Crippen LogP contribution is -2.42. The van der Waals surface area contributed by atoms with Gasteiger partial charge < -0.3 is 5.32 Å². The van der Waals surface area contributed by atoms with Crippen LogP contribution in [0.3, 0.4) is 0 Å². The van der Waals surface area contributed by atoms with Crippen LogP contribution in [0.4, 0.5) is 5.69 Å². The number of amides is 2. The fourth-order valence-corrected chi connectivity index (χ4v) is 3.11. The van der Waals surface area contributed by atoms with Crippen LogP contribution in [0.2, 0.25) is 0 Å². The Bertz CT molecular complexity index is 734. The zero-order chi connectivity index (χ0) is 15.7. The first kappa shape index (κ1) is 14.6. The molecule has 0 aromatic heterocycles. The van der Waals surface area contributed by atoms with Crippen LogP contribution in [-0.2, 0) is 4.79 Å². The Morgan fingerprint density at radius 1 is 1.23 bits per heavy atom. The summed E-state index contributed by atoms with van der Waals surface area (Å²) in [4.78, 5) is 26.3. The second-order valence-corrected chi connectivity index (χ2v) is 5.83. The molecule has 22 heavy (non-hydrogen) atoms. The third-order valence-electron chi connectivity index (χ3n) is 4.08. The molecule has 1 heterocycles. The van der Waals surface area contributed by atoms with Gasteiger partial charge in [-0.3, -0.25) is 14.5 Å². The van der Waals surface area contributed by atoms with Crippen molar-refractivity contribution in [3.8, 4) is 0 Å². The summed E-state index contributed by atoms with van der Waals surface area (Å²) in [6.45, 7) is 4.15.